The molecule has 2 aromatic heterocycles. The van der Waals surface area contributed by atoms with E-state index in [0.29, 0.717) is 24.4 Å². The van der Waals surface area contributed by atoms with E-state index in [2.05, 4.69) is 30.4 Å². The van der Waals surface area contributed by atoms with Gasteiger partial charge in [-0.1, -0.05) is 26.5 Å². The molecule has 0 saturated heterocycles. The Morgan fingerprint density at radius 2 is 2.06 bits per heavy atom. The van der Waals surface area contributed by atoms with Gasteiger partial charge in [0.1, 0.15) is 6.29 Å². The van der Waals surface area contributed by atoms with Crippen molar-refractivity contribution in [2.45, 2.75) is 59.9 Å². The summed E-state index contributed by atoms with van der Waals surface area (Å²) >= 11 is 0. The fraction of sp³-hybridized carbons (Fsp3) is 0.357. The van der Waals surface area contributed by atoms with Crippen molar-refractivity contribution in [3.8, 4) is 0 Å². The third kappa shape index (κ3) is 5.25. The zero-order chi connectivity index (χ0) is 25.2. The lowest BCUT2D eigenvalue weighted by atomic mass is 9.76. The average molecular weight is 472 g/mol. The predicted molar refractivity (Wildman–Crippen MR) is 138 cm³/mol. The van der Waals surface area contributed by atoms with Gasteiger partial charge < -0.3 is 9.63 Å². The van der Waals surface area contributed by atoms with Crippen molar-refractivity contribution in [3.05, 3.63) is 88.0 Å². The maximum Gasteiger partial charge on any atom is 0.266 e. The summed E-state index contributed by atoms with van der Waals surface area (Å²) in [7, 11) is 0. The third-order valence-corrected chi connectivity index (χ3v) is 6.79. The zero-order valence-electron chi connectivity index (χ0n) is 21.0. The van der Waals surface area contributed by atoms with Crippen LogP contribution in [0, 0.1) is 19.3 Å². The molecule has 0 spiro atoms. The second-order valence-electron chi connectivity index (χ2n) is 10.1. The maximum atomic E-state index is 11.0. The summed E-state index contributed by atoms with van der Waals surface area (Å²) in [5.41, 5.74) is 8.69. The highest BCUT2D eigenvalue weighted by Gasteiger charge is 2.33. The molecule has 2 N–H and O–H groups in total. The average Bonchev–Trinajstić information content (AvgIpc) is 3.16. The van der Waals surface area contributed by atoms with Gasteiger partial charge in [0, 0.05) is 35.6 Å². The lowest BCUT2D eigenvalue weighted by Crippen LogP contribution is -2.25. The highest BCUT2D eigenvalue weighted by atomic mass is 16.6. The van der Waals surface area contributed by atoms with Gasteiger partial charge in [-0.15, -0.1) is 0 Å². The van der Waals surface area contributed by atoms with E-state index in [1.165, 1.54) is 5.69 Å². The van der Waals surface area contributed by atoms with Gasteiger partial charge >= 0.3 is 0 Å². The molecule has 7 heteroatoms. The van der Waals surface area contributed by atoms with Crippen molar-refractivity contribution in [3.63, 3.8) is 0 Å². The molecule has 7 nitrogen and oxygen atoms in total. The predicted octanol–water partition coefficient (Wildman–Crippen LogP) is 4.51. The number of nitrogens with two attached hydrogens (primary N) is 1. The van der Waals surface area contributed by atoms with Gasteiger partial charge in [0.25, 0.3) is 5.90 Å². The Morgan fingerprint density at radius 1 is 1.31 bits per heavy atom. The smallest absolute Gasteiger partial charge is 0.266 e. The van der Waals surface area contributed by atoms with Crippen molar-refractivity contribution in [1.82, 2.24) is 14.8 Å². The number of hydrogen-bond acceptors (Lipinski definition) is 6. The molecule has 0 unspecified atom stereocenters. The van der Waals surface area contributed by atoms with Crippen LogP contribution < -0.4 is 5.90 Å². The first kappa shape index (κ1) is 24.5. The van der Waals surface area contributed by atoms with Gasteiger partial charge in [0.2, 0.25) is 0 Å². The van der Waals surface area contributed by atoms with Gasteiger partial charge in [-0.25, -0.2) is 4.99 Å². The molecule has 1 aromatic carbocycles. The van der Waals surface area contributed by atoms with E-state index in [0.717, 1.165) is 58.9 Å². The van der Waals surface area contributed by atoms with Crippen LogP contribution in [0.2, 0.25) is 0 Å². The van der Waals surface area contributed by atoms with Crippen LogP contribution in [0.5, 0.6) is 0 Å². The third-order valence-electron chi connectivity index (χ3n) is 6.79. The highest BCUT2D eigenvalue weighted by Crippen LogP contribution is 2.37. The standard InChI is InChI=1S/C28H33N5O2/c1-18-13-22(14-19(2)23(18)9-12-34)20(3)31-27(35-29)26-24-8-10-28(4,5)15-25(24)33(32-26)17-21-7-6-11-30-16-21/h6-7,11-14,16H,3,8-10,15,17,29H2,1-2,4-5H3/b31-27-. The number of aryl methyl sites for hydroxylation is 2. The zero-order valence-corrected chi connectivity index (χ0v) is 21.0. The van der Waals surface area contributed by atoms with Gasteiger partial charge in [0.15, 0.2) is 5.69 Å². The Balaban J connectivity index is 1.73. The maximum absolute atomic E-state index is 11.0. The Bertz CT molecular complexity index is 1270. The second kappa shape index (κ2) is 9.96. The molecule has 0 aliphatic heterocycles. The highest BCUT2D eigenvalue weighted by molar-refractivity contribution is 5.97. The van der Waals surface area contributed by atoms with E-state index in [4.69, 9.17) is 15.8 Å². The number of carbonyl (C=O) groups is 1. The summed E-state index contributed by atoms with van der Waals surface area (Å²) in [5, 5.41) is 4.92. The number of fused-ring (bicyclic) bond motifs is 1. The number of carbonyl (C=O) groups excluding carboxylic acids is 1. The molecule has 0 saturated carbocycles. The van der Waals surface area contributed by atoms with Crippen molar-refractivity contribution in [1.29, 1.82) is 0 Å². The van der Waals surface area contributed by atoms with E-state index in [-0.39, 0.29) is 11.3 Å². The molecule has 0 radical (unpaired) electrons. The largest absolute Gasteiger partial charge is 0.389 e. The Hall–Kier alpha value is -3.58. The van der Waals surface area contributed by atoms with Gasteiger partial charge in [-0.2, -0.15) is 11.0 Å². The van der Waals surface area contributed by atoms with E-state index >= 15 is 0 Å². The summed E-state index contributed by atoms with van der Waals surface area (Å²) in [6, 6.07) is 7.96. The molecule has 3 aromatic rings. The molecule has 1 aliphatic rings. The van der Waals surface area contributed by atoms with Crippen LogP contribution in [0.3, 0.4) is 0 Å². The summed E-state index contributed by atoms with van der Waals surface area (Å²) < 4.78 is 2.03. The summed E-state index contributed by atoms with van der Waals surface area (Å²) in [4.78, 5) is 25.2. The topological polar surface area (TPSA) is 95.4 Å². The van der Waals surface area contributed by atoms with Crippen LogP contribution in [0.15, 0.2) is 48.2 Å². The SMILES string of the molecule is C=C(/N=C(\ON)c1nn(Cc2cccnc2)c2c1CCC(C)(C)C2)c1cc(C)c(CC=O)c(C)c1. The van der Waals surface area contributed by atoms with Crippen LogP contribution in [0.4, 0.5) is 0 Å². The molecule has 35 heavy (non-hydrogen) atoms. The summed E-state index contributed by atoms with van der Waals surface area (Å²) in [5.74, 6) is 5.99. The Morgan fingerprint density at radius 3 is 2.69 bits per heavy atom. The Labute approximate surface area is 206 Å². The summed E-state index contributed by atoms with van der Waals surface area (Å²) in [6.07, 6.45) is 7.77. The molecule has 0 fully saturated rings. The van der Waals surface area contributed by atoms with E-state index < -0.39 is 0 Å². The number of nitrogens with zero attached hydrogens (tertiary/aromatic N) is 4. The summed E-state index contributed by atoms with van der Waals surface area (Å²) in [6.45, 7) is 13.3. The van der Waals surface area contributed by atoms with Crippen molar-refractivity contribution in [2.24, 2.45) is 16.3 Å². The normalized spacial score (nSPS) is 14.9. The van der Waals surface area contributed by atoms with Crippen LogP contribution >= 0.6 is 0 Å². The molecule has 182 valence electrons. The van der Waals surface area contributed by atoms with Crippen LogP contribution in [0.25, 0.3) is 5.70 Å². The van der Waals surface area contributed by atoms with Crippen molar-refractivity contribution >= 4 is 17.9 Å². The first-order valence-electron chi connectivity index (χ1n) is 11.9. The minimum absolute atomic E-state index is 0.180. The number of benzene rings is 1. The van der Waals surface area contributed by atoms with E-state index in [1.54, 1.807) is 6.20 Å². The van der Waals surface area contributed by atoms with E-state index in [9.17, 15) is 4.79 Å². The monoisotopic (exact) mass is 471 g/mol. The molecule has 1 aliphatic carbocycles. The van der Waals surface area contributed by atoms with Gasteiger partial charge in [-0.05, 0) is 79.0 Å². The first-order chi connectivity index (χ1) is 16.7. The van der Waals surface area contributed by atoms with Crippen LogP contribution in [-0.2, 0) is 35.4 Å². The fourth-order valence-electron chi connectivity index (χ4n) is 4.85. The number of aromatic nitrogens is 3. The number of rotatable bonds is 7. The minimum Gasteiger partial charge on any atom is -0.389 e. The first-order valence-corrected chi connectivity index (χ1v) is 11.9. The molecule has 0 atom stereocenters. The molecule has 0 amide bonds. The molecule has 4 rings (SSSR count). The molecular weight excluding hydrogens is 438 g/mol. The van der Waals surface area contributed by atoms with Gasteiger partial charge in [0.05, 0.1) is 12.2 Å². The lowest BCUT2D eigenvalue weighted by Gasteiger charge is -2.30. The number of aldehydes is 1. The van der Waals surface area contributed by atoms with Crippen LogP contribution in [-0.4, -0.2) is 26.9 Å². The fourth-order valence-corrected chi connectivity index (χ4v) is 4.85. The second-order valence-corrected chi connectivity index (χ2v) is 10.1. The van der Waals surface area contributed by atoms with Gasteiger partial charge in [-0.3, -0.25) is 9.67 Å². The molecule has 2 heterocycles. The quantitative estimate of drug-likeness (QED) is 0.237. The lowest BCUT2D eigenvalue weighted by molar-refractivity contribution is -0.107. The number of aliphatic imine (C=N–C) groups is 1. The molecular formula is C28H33N5O2. The van der Waals surface area contributed by atoms with E-state index in [1.807, 2.05) is 49.0 Å². The van der Waals surface area contributed by atoms with Crippen molar-refractivity contribution in [2.75, 3.05) is 0 Å². The Kier molecular flexibility index (Phi) is 6.98. The number of hydrogen-bond donors (Lipinski definition) is 1. The van der Waals surface area contributed by atoms with Crippen LogP contribution in [0.1, 0.15) is 65.0 Å². The molecule has 0 bridgehead atoms. The number of pyridine rings is 1. The van der Waals surface area contributed by atoms with Crippen molar-refractivity contribution < 1.29 is 9.63 Å². The minimum atomic E-state index is 0.180.